The summed E-state index contributed by atoms with van der Waals surface area (Å²) in [7, 11) is 0. The first kappa shape index (κ1) is 17.0. The summed E-state index contributed by atoms with van der Waals surface area (Å²) >= 11 is 0. The standard InChI is InChI=1S/C18H28N2O2/c1-18(2,3)22-20(15-21)12-10-17-9-11-19(14-17)13-16-7-5-4-6-8-16/h4-8,15,17H,9-14H2,1-3H3/t17-/m0/s1. The zero-order valence-electron chi connectivity index (χ0n) is 14.0. The van der Waals surface area contributed by atoms with Crippen LogP contribution < -0.4 is 0 Å². The van der Waals surface area contributed by atoms with E-state index in [1.807, 2.05) is 20.8 Å². The highest BCUT2D eigenvalue weighted by Gasteiger charge is 2.24. The predicted molar refractivity (Wildman–Crippen MR) is 88.1 cm³/mol. The number of hydrogen-bond donors (Lipinski definition) is 0. The third kappa shape index (κ3) is 5.78. The van der Waals surface area contributed by atoms with Crippen molar-refractivity contribution in [2.24, 2.45) is 5.92 Å². The van der Waals surface area contributed by atoms with Crippen molar-refractivity contribution in [3.8, 4) is 0 Å². The van der Waals surface area contributed by atoms with Crippen molar-refractivity contribution < 1.29 is 9.63 Å². The van der Waals surface area contributed by atoms with E-state index in [1.165, 1.54) is 17.0 Å². The highest BCUT2D eigenvalue weighted by molar-refractivity contribution is 5.44. The van der Waals surface area contributed by atoms with Gasteiger partial charge in [0.05, 0.1) is 5.60 Å². The molecule has 0 saturated carbocycles. The topological polar surface area (TPSA) is 32.8 Å². The van der Waals surface area contributed by atoms with Gasteiger partial charge in [0.25, 0.3) is 0 Å². The van der Waals surface area contributed by atoms with E-state index >= 15 is 0 Å². The molecule has 1 fully saturated rings. The third-order valence-corrected chi connectivity index (χ3v) is 3.89. The zero-order chi connectivity index (χ0) is 16.0. The highest BCUT2D eigenvalue weighted by atomic mass is 16.7. The van der Waals surface area contributed by atoms with Gasteiger partial charge in [-0.2, -0.15) is 0 Å². The van der Waals surface area contributed by atoms with Gasteiger partial charge in [-0.15, -0.1) is 0 Å². The number of nitrogens with zero attached hydrogens (tertiary/aromatic N) is 2. The second-order valence-electron chi connectivity index (χ2n) is 7.11. The first-order valence-electron chi connectivity index (χ1n) is 8.13. The number of likely N-dealkylation sites (tertiary alicyclic amines) is 1. The third-order valence-electron chi connectivity index (χ3n) is 3.89. The van der Waals surface area contributed by atoms with Crippen molar-refractivity contribution in [3.63, 3.8) is 0 Å². The molecule has 4 heteroatoms. The minimum atomic E-state index is -0.323. The van der Waals surface area contributed by atoms with Crippen LogP contribution in [0.2, 0.25) is 0 Å². The van der Waals surface area contributed by atoms with E-state index in [0.717, 1.165) is 32.5 Å². The lowest BCUT2D eigenvalue weighted by Crippen LogP contribution is -2.34. The largest absolute Gasteiger partial charge is 0.299 e. The van der Waals surface area contributed by atoms with Gasteiger partial charge in [-0.25, -0.2) is 5.06 Å². The van der Waals surface area contributed by atoms with E-state index in [9.17, 15) is 4.79 Å². The number of amides is 1. The fraction of sp³-hybridized carbons (Fsp3) is 0.611. The van der Waals surface area contributed by atoms with E-state index < -0.39 is 0 Å². The molecule has 1 aromatic carbocycles. The maximum atomic E-state index is 11.1. The van der Waals surface area contributed by atoms with Gasteiger partial charge in [-0.3, -0.25) is 14.5 Å². The molecule has 122 valence electrons. The molecule has 0 radical (unpaired) electrons. The summed E-state index contributed by atoms with van der Waals surface area (Å²) in [6, 6.07) is 10.6. The SMILES string of the molecule is CC(C)(C)ON(C=O)CC[C@@H]1CCN(Cc2ccccc2)C1. The second-order valence-corrected chi connectivity index (χ2v) is 7.11. The van der Waals surface area contributed by atoms with Crippen LogP contribution in [0.25, 0.3) is 0 Å². The van der Waals surface area contributed by atoms with Gasteiger partial charge in [0.15, 0.2) is 0 Å². The first-order chi connectivity index (χ1) is 10.5. The summed E-state index contributed by atoms with van der Waals surface area (Å²) in [5.74, 6) is 0.648. The van der Waals surface area contributed by atoms with Gasteiger partial charge in [0.2, 0.25) is 6.41 Å². The summed E-state index contributed by atoms with van der Waals surface area (Å²) in [5.41, 5.74) is 1.05. The maximum absolute atomic E-state index is 11.1. The molecule has 1 aliphatic rings. The average molecular weight is 304 g/mol. The van der Waals surface area contributed by atoms with E-state index in [-0.39, 0.29) is 5.60 Å². The van der Waals surface area contributed by atoms with Gasteiger partial charge in [0, 0.05) is 19.6 Å². The highest BCUT2D eigenvalue weighted by Crippen LogP contribution is 2.22. The molecule has 1 aliphatic heterocycles. The summed E-state index contributed by atoms with van der Waals surface area (Å²) in [5, 5.41) is 1.44. The first-order valence-corrected chi connectivity index (χ1v) is 8.13. The van der Waals surface area contributed by atoms with Crippen LogP contribution >= 0.6 is 0 Å². The number of carbonyl (C=O) groups is 1. The Bertz CT molecular complexity index is 456. The normalized spacial score (nSPS) is 19.3. The molecule has 1 saturated heterocycles. The molecule has 0 unspecified atom stereocenters. The van der Waals surface area contributed by atoms with Gasteiger partial charge in [-0.05, 0) is 51.6 Å². The van der Waals surface area contributed by atoms with Gasteiger partial charge >= 0.3 is 0 Å². The summed E-state index contributed by atoms with van der Waals surface area (Å²) in [6.45, 7) is 9.82. The van der Waals surface area contributed by atoms with Gasteiger partial charge < -0.3 is 0 Å². The summed E-state index contributed by atoms with van der Waals surface area (Å²) in [6.07, 6.45) is 3.00. The van der Waals surface area contributed by atoms with Crippen LogP contribution in [0.3, 0.4) is 0 Å². The van der Waals surface area contributed by atoms with Crippen molar-refractivity contribution in [3.05, 3.63) is 35.9 Å². The second kappa shape index (κ2) is 7.75. The van der Waals surface area contributed by atoms with Crippen molar-refractivity contribution in [1.82, 2.24) is 9.96 Å². The predicted octanol–water partition coefficient (Wildman–Crippen LogP) is 3.09. The van der Waals surface area contributed by atoms with Gasteiger partial charge in [0.1, 0.15) is 0 Å². The fourth-order valence-electron chi connectivity index (χ4n) is 2.92. The lowest BCUT2D eigenvalue weighted by Gasteiger charge is -2.27. The Hall–Kier alpha value is -1.39. The minimum absolute atomic E-state index is 0.323. The Morgan fingerprint density at radius 1 is 1.32 bits per heavy atom. The summed E-state index contributed by atoms with van der Waals surface area (Å²) in [4.78, 5) is 19.2. The Kier molecular flexibility index (Phi) is 5.98. The van der Waals surface area contributed by atoms with Crippen LogP contribution in [0.1, 0.15) is 39.2 Å². The lowest BCUT2D eigenvalue weighted by molar-refractivity contribution is -0.216. The number of carbonyl (C=O) groups excluding carboxylic acids is 1. The van der Waals surface area contributed by atoms with E-state index in [2.05, 4.69) is 35.2 Å². The molecular weight excluding hydrogens is 276 g/mol. The number of rotatable bonds is 7. The monoisotopic (exact) mass is 304 g/mol. The summed E-state index contributed by atoms with van der Waals surface area (Å²) < 4.78 is 0. The Labute approximate surface area is 134 Å². The molecule has 0 bridgehead atoms. The Morgan fingerprint density at radius 3 is 2.68 bits per heavy atom. The van der Waals surface area contributed by atoms with Crippen LogP contribution in [-0.2, 0) is 16.2 Å². The molecule has 1 atom stereocenters. The maximum Gasteiger partial charge on any atom is 0.233 e. The lowest BCUT2D eigenvalue weighted by atomic mass is 10.1. The zero-order valence-corrected chi connectivity index (χ0v) is 14.0. The fourth-order valence-corrected chi connectivity index (χ4v) is 2.92. The van der Waals surface area contributed by atoms with E-state index in [0.29, 0.717) is 12.5 Å². The Morgan fingerprint density at radius 2 is 2.05 bits per heavy atom. The number of hydrogen-bond acceptors (Lipinski definition) is 3. The van der Waals surface area contributed by atoms with Crippen LogP contribution in [0.4, 0.5) is 0 Å². The molecule has 1 amide bonds. The van der Waals surface area contributed by atoms with Crippen molar-refractivity contribution in [2.75, 3.05) is 19.6 Å². The van der Waals surface area contributed by atoms with Crippen molar-refractivity contribution >= 4 is 6.41 Å². The molecule has 2 rings (SSSR count). The van der Waals surface area contributed by atoms with Crippen LogP contribution in [0.5, 0.6) is 0 Å². The minimum Gasteiger partial charge on any atom is -0.299 e. The van der Waals surface area contributed by atoms with E-state index in [1.54, 1.807) is 0 Å². The molecule has 0 aromatic heterocycles. The molecule has 0 aliphatic carbocycles. The molecule has 1 heterocycles. The molecule has 0 spiro atoms. The van der Waals surface area contributed by atoms with Crippen molar-refractivity contribution in [2.45, 2.75) is 45.8 Å². The molecule has 1 aromatic rings. The smallest absolute Gasteiger partial charge is 0.233 e. The number of benzene rings is 1. The average Bonchev–Trinajstić information content (AvgIpc) is 2.91. The van der Waals surface area contributed by atoms with E-state index in [4.69, 9.17) is 4.84 Å². The molecule has 4 nitrogen and oxygen atoms in total. The van der Waals surface area contributed by atoms with Crippen LogP contribution in [0, 0.1) is 5.92 Å². The number of hydroxylamine groups is 2. The molecule has 0 N–H and O–H groups in total. The van der Waals surface area contributed by atoms with Crippen LogP contribution in [-0.4, -0.2) is 41.6 Å². The van der Waals surface area contributed by atoms with Crippen molar-refractivity contribution in [1.29, 1.82) is 0 Å². The quantitative estimate of drug-likeness (QED) is 0.573. The van der Waals surface area contributed by atoms with Gasteiger partial charge in [-0.1, -0.05) is 30.3 Å². The molecular formula is C18H28N2O2. The van der Waals surface area contributed by atoms with Crippen LogP contribution in [0.15, 0.2) is 30.3 Å². The Balaban J connectivity index is 1.73. The molecule has 22 heavy (non-hydrogen) atoms.